The second kappa shape index (κ2) is 7.16. The Morgan fingerprint density at radius 3 is 2.42 bits per heavy atom. The lowest BCUT2D eigenvalue weighted by Gasteiger charge is -2.28. The first kappa shape index (κ1) is 17.3. The van der Waals surface area contributed by atoms with E-state index in [0.29, 0.717) is 16.5 Å². The molecule has 3 rings (SSSR count). The standard InChI is InChI=1S/C19H19BrClNO2/c1-24-17-9-8-15(12-16(17)21)22-18(23)19(10-2-3-11-19)13-4-6-14(20)7-5-13/h4-9,12H,2-3,10-11H2,1H3,(H,22,23). The predicted molar refractivity (Wildman–Crippen MR) is 101 cm³/mol. The molecule has 1 aliphatic carbocycles. The van der Waals surface area contributed by atoms with Gasteiger partial charge in [0, 0.05) is 10.2 Å². The molecule has 2 aromatic carbocycles. The van der Waals surface area contributed by atoms with E-state index in [0.717, 1.165) is 35.7 Å². The summed E-state index contributed by atoms with van der Waals surface area (Å²) < 4.78 is 6.17. The maximum atomic E-state index is 13.1. The number of rotatable bonds is 4. The number of anilines is 1. The van der Waals surface area contributed by atoms with Gasteiger partial charge >= 0.3 is 0 Å². The van der Waals surface area contributed by atoms with E-state index >= 15 is 0 Å². The quantitative estimate of drug-likeness (QED) is 0.719. The van der Waals surface area contributed by atoms with Crippen LogP contribution in [0.15, 0.2) is 46.9 Å². The Kier molecular flexibility index (Phi) is 5.16. The van der Waals surface area contributed by atoms with Gasteiger partial charge in [-0.25, -0.2) is 0 Å². The predicted octanol–water partition coefficient (Wildman–Crippen LogP) is 5.56. The van der Waals surface area contributed by atoms with Gasteiger partial charge in [-0.1, -0.05) is 52.5 Å². The summed E-state index contributed by atoms with van der Waals surface area (Å²) in [5.41, 5.74) is 1.29. The SMILES string of the molecule is COc1ccc(NC(=O)C2(c3ccc(Br)cc3)CCCC2)cc1Cl. The highest BCUT2D eigenvalue weighted by Gasteiger charge is 2.42. The van der Waals surface area contributed by atoms with E-state index in [1.165, 1.54) is 0 Å². The van der Waals surface area contributed by atoms with Crippen molar-refractivity contribution in [2.24, 2.45) is 0 Å². The molecule has 24 heavy (non-hydrogen) atoms. The summed E-state index contributed by atoms with van der Waals surface area (Å²) in [6.45, 7) is 0. The Morgan fingerprint density at radius 1 is 1.17 bits per heavy atom. The second-order valence-electron chi connectivity index (χ2n) is 6.10. The molecule has 0 saturated heterocycles. The molecule has 0 radical (unpaired) electrons. The summed E-state index contributed by atoms with van der Waals surface area (Å²) in [5.74, 6) is 0.627. The highest BCUT2D eigenvalue weighted by Crippen LogP contribution is 2.42. The van der Waals surface area contributed by atoms with Crippen molar-refractivity contribution < 1.29 is 9.53 Å². The fourth-order valence-corrected chi connectivity index (χ4v) is 3.91. The molecule has 0 heterocycles. The van der Waals surface area contributed by atoms with Crippen molar-refractivity contribution in [3.8, 4) is 5.75 Å². The van der Waals surface area contributed by atoms with Crippen molar-refractivity contribution >= 4 is 39.1 Å². The molecule has 1 N–H and O–H groups in total. The highest BCUT2D eigenvalue weighted by molar-refractivity contribution is 9.10. The van der Waals surface area contributed by atoms with E-state index in [4.69, 9.17) is 16.3 Å². The molecule has 1 fully saturated rings. The first-order chi connectivity index (χ1) is 11.5. The number of ether oxygens (including phenoxy) is 1. The van der Waals surface area contributed by atoms with Crippen molar-refractivity contribution in [1.29, 1.82) is 0 Å². The monoisotopic (exact) mass is 407 g/mol. The molecule has 0 bridgehead atoms. The molecule has 3 nitrogen and oxygen atoms in total. The molecule has 1 aliphatic rings. The Morgan fingerprint density at radius 2 is 1.83 bits per heavy atom. The maximum Gasteiger partial charge on any atom is 0.235 e. The van der Waals surface area contributed by atoms with Gasteiger partial charge in [0.2, 0.25) is 5.91 Å². The van der Waals surface area contributed by atoms with Gasteiger partial charge in [-0.05, 0) is 48.7 Å². The average molecular weight is 409 g/mol. The van der Waals surface area contributed by atoms with Gasteiger partial charge in [-0.15, -0.1) is 0 Å². The van der Waals surface area contributed by atoms with Crippen molar-refractivity contribution in [3.05, 3.63) is 57.5 Å². The topological polar surface area (TPSA) is 38.3 Å². The van der Waals surface area contributed by atoms with Crippen LogP contribution in [0.2, 0.25) is 5.02 Å². The number of halogens is 2. The number of carbonyl (C=O) groups excluding carboxylic acids is 1. The zero-order valence-corrected chi connectivity index (χ0v) is 15.8. The van der Waals surface area contributed by atoms with E-state index in [9.17, 15) is 4.79 Å². The second-order valence-corrected chi connectivity index (χ2v) is 7.42. The van der Waals surface area contributed by atoms with E-state index in [1.54, 1.807) is 19.2 Å². The normalized spacial score (nSPS) is 16.0. The molecule has 0 spiro atoms. The minimum Gasteiger partial charge on any atom is -0.495 e. The summed E-state index contributed by atoms with van der Waals surface area (Å²) >= 11 is 9.62. The summed E-state index contributed by atoms with van der Waals surface area (Å²) in [4.78, 5) is 13.1. The lowest BCUT2D eigenvalue weighted by atomic mass is 9.78. The fraction of sp³-hybridized carbons (Fsp3) is 0.316. The lowest BCUT2D eigenvalue weighted by Crippen LogP contribution is -2.37. The number of hydrogen-bond acceptors (Lipinski definition) is 2. The average Bonchev–Trinajstić information content (AvgIpc) is 3.07. The van der Waals surface area contributed by atoms with Gasteiger partial charge in [0.15, 0.2) is 0 Å². The third-order valence-electron chi connectivity index (χ3n) is 4.70. The Labute approximate surface area is 155 Å². The van der Waals surface area contributed by atoms with Crippen molar-refractivity contribution in [3.63, 3.8) is 0 Å². The van der Waals surface area contributed by atoms with Crippen LogP contribution in [0, 0.1) is 0 Å². The van der Waals surface area contributed by atoms with Crippen LogP contribution in [-0.4, -0.2) is 13.0 Å². The van der Waals surface area contributed by atoms with Crippen molar-refractivity contribution in [2.45, 2.75) is 31.1 Å². The highest BCUT2D eigenvalue weighted by atomic mass is 79.9. The van der Waals surface area contributed by atoms with Gasteiger partial charge in [-0.3, -0.25) is 4.79 Å². The third kappa shape index (κ3) is 3.31. The summed E-state index contributed by atoms with van der Waals surface area (Å²) in [6.07, 6.45) is 3.86. The van der Waals surface area contributed by atoms with E-state index in [-0.39, 0.29) is 5.91 Å². The summed E-state index contributed by atoms with van der Waals surface area (Å²) in [7, 11) is 1.57. The number of carbonyl (C=O) groups is 1. The Balaban J connectivity index is 1.88. The molecular formula is C19H19BrClNO2. The van der Waals surface area contributed by atoms with Gasteiger partial charge in [0.05, 0.1) is 17.5 Å². The smallest absolute Gasteiger partial charge is 0.235 e. The lowest BCUT2D eigenvalue weighted by molar-refractivity contribution is -0.121. The van der Waals surface area contributed by atoms with Gasteiger partial charge in [0.25, 0.3) is 0 Å². The summed E-state index contributed by atoms with van der Waals surface area (Å²) in [6, 6.07) is 13.4. The van der Waals surface area contributed by atoms with Gasteiger partial charge in [0.1, 0.15) is 5.75 Å². The van der Waals surface area contributed by atoms with E-state index < -0.39 is 5.41 Å². The molecule has 0 atom stereocenters. The molecular weight excluding hydrogens is 390 g/mol. The van der Waals surface area contributed by atoms with E-state index in [1.807, 2.05) is 30.3 Å². The van der Waals surface area contributed by atoms with Crippen LogP contribution in [0.3, 0.4) is 0 Å². The van der Waals surface area contributed by atoms with Gasteiger partial charge in [-0.2, -0.15) is 0 Å². The zero-order valence-electron chi connectivity index (χ0n) is 13.4. The van der Waals surface area contributed by atoms with Crippen LogP contribution >= 0.6 is 27.5 Å². The first-order valence-electron chi connectivity index (χ1n) is 7.96. The van der Waals surface area contributed by atoms with Crippen molar-refractivity contribution in [1.82, 2.24) is 0 Å². The van der Waals surface area contributed by atoms with Crippen LogP contribution in [0.25, 0.3) is 0 Å². The molecule has 1 saturated carbocycles. The molecule has 0 unspecified atom stereocenters. The fourth-order valence-electron chi connectivity index (χ4n) is 3.39. The summed E-state index contributed by atoms with van der Waals surface area (Å²) in [5, 5.41) is 3.52. The van der Waals surface area contributed by atoms with Crippen LogP contribution in [0.5, 0.6) is 5.75 Å². The maximum absolute atomic E-state index is 13.1. The molecule has 2 aromatic rings. The number of benzene rings is 2. The van der Waals surface area contributed by atoms with Crippen LogP contribution < -0.4 is 10.1 Å². The van der Waals surface area contributed by atoms with Gasteiger partial charge < -0.3 is 10.1 Å². The zero-order chi connectivity index (χ0) is 17.2. The van der Waals surface area contributed by atoms with Crippen molar-refractivity contribution in [2.75, 3.05) is 12.4 Å². The number of nitrogens with one attached hydrogen (secondary N) is 1. The van der Waals surface area contributed by atoms with Crippen LogP contribution in [-0.2, 0) is 10.2 Å². The van der Waals surface area contributed by atoms with E-state index in [2.05, 4.69) is 21.2 Å². The minimum absolute atomic E-state index is 0.0311. The van der Waals surface area contributed by atoms with Crippen LogP contribution in [0.4, 0.5) is 5.69 Å². The number of amides is 1. The molecule has 0 aliphatic heterocycles. The minimum atomic E-state index is -0.465. The number of methoxy groups -OCH3 is 1. The molecule has 5 heteroatoms. The Bertz CT molecular complexity index is 740. The molecule has 0 aromatic heterocycles. The number of hydrogen-bond donors (Lipinski definition) is 1. The Hall–Kier alpha value is -1.52. The first-order valence-corrected chi connectivity index (χ1v) is 9.13. The largest absolute Gasteiger partial charge is 0.495 e. The molecule has 1 amide bonds. The van der Waals surface area contributed by atoms with Crippen LogP contribution in [0.1, 0.15) is 31.2 Å². The third-order valence-corrected chi connectivity index (χ3v) is 5.52. The molecule has 126 valence electrons.